The molecule has 252 valence electrons. The van der Waals surface area contributed by atoms with Crippen molar-refractivity contribution in [3.63, 3.8) is 0 Å². The molecule has 0 bridgehead atoms. The van der Waals surface area contributed by atoms with Gasteiger partial charge in [-0.25, -0.2) is 4.79 Å². The summed E-state index contributed by atoms with van der Waals surface area (Å²) in [5, 5.41) is 8.80. The minimum Gasteiger partial charge on any atom is -0.432 e. The van der Waals surface area contributed by atoms with Crippen LogP contribution in [0.3, 0.4) is 0 Å². The summed E-state index contributed by atoms with van der Waals surface area (Å²) in [6.45, 7) is 5.05. The minimum absolute atomic E-state index is 0.0342. The largest absolute Gasteiger partial charge is 0.533 e. The Hall–Kier alpha value is -4.82. The van der Waals surface area contributed by atoms with Gasteiger partial charge in [-0.3, -0.25) is 28.8 Å². The highest BCUT2D eigenvalue weighted by molar-refractivity contribution is 6.01. The van der Waals surface area contributed by atoms with E-state index in [2.05, 4.69) is 16.0 Å². The molecule has 2 aromatic carbocycles. The number of hydrogen-bond donors (Lipinski definition) is 3. The van der Waals surface area contributed by atoms with E-state index in [1.165, 1.54) is 0 Å². The van der Waals surface area contributed by atoms with Gasteiger partial charge < -0.3 is 30.2 Å². The van der Waals surface area contributed by atoms with Gasteiger partial charge in [-0.15, -0.1) is 0 Å². The number of methoxy groups -OCH3 is 1. The molecule has 1 saturated heterocycles. The van der Waals surface area contributed by atoms with Gasteiger partial charge in [0.2, 0.25) is 11.8 Å². The Labute approximate surface area is 272 Å². The Morgan fingerprint density at radius 2 is 1.53 bits per heavy atom. The highest BCUT2D eigenvalue weighted by Gasteiger charge is 2.35. The van der Waals surface area contributed by atoms with Crippen molar-refractivity contribution < 1.29 is 47.8 Å². The standard InChI is InChI=1S/C33H40N4O10/c1-20(2)45-16-14-35-32(42)21-7-9-23-24-10-8-22(36-29(39)6-4-5-28(38)34-13-15-44-3)18-26(24)27(25(23)17-21)19-46-33(43)47-37-30(40)11-12-31(37)41/h7-10,17-18,20,27H,4-6,11-16,19H2,1-3H3,(H,34,38)(H,35,42)(H,36,39). The van der Waals surface area contributed by atoms with E-state index in [0.717, 1.165) is 16.7 Å². The van der Waals surface area contributed by atoms with Crippen LogP contribution in [0.5, 0.6) is 0 Å². The third-order valence-corrected chi connectivity index (χ3v) is 7.50. The van der Waals surface area contributed by atoms with Gasteiger partial charge >= 0.3 is 6.16 Å². The fourth-order valence-corrected chi connectivity index (χ4v) is 5.24. The highest BCUT2D eigenvalue weighted by atomic mass is 16.8. The molecule has 3 N–H and O–H groups in total. The lowest BCUT2D eigenvalue weighted by molar-refractivity contribution is -0.177. The number of hydroxylamine groups is 2. The second-order valence-electron chi connectivity index (χ2n) is 11.3. The van der Waals surface area contributed by atoms with Crippen LogP contribution in [0.2, 0.25) is 0 Å². The second-order valence-corrected chi connectivity index (χ2v) is 11.3. The van der Waals surface area contributed by atoms with Gasteiger partial charge in [0.1, 0.15) is 6.61 Å². The molecule has 47 heavy (non-hydrogen) atoms. The van der Waals surface area contributed by atoms with Crippen molar-refractivity contribution in [3.8, 4) is 11.1 Å². The number of carbonyl (C=O) groups is 6. The van der Waals surface area contributed by atoms with E-state index in [0.29, 0.717) is 54.6 Å². The Morgan fingerprint density at radius 3 is 2.23 bits per heavy atom. The van der Waals surface area contributed by atoms with Crippen molar-refractivity contribution in [1.82, 2.24) is 15.7 Å². The van der Waals surface area contributed by atoms with Crippen LogP contribution in [0, 0.1) is 0 Å². The third kappa shape index (κ3) is 9.59. The number of imide groups is 1. The first-order valence-electron chi connectivity index (χ1n) is 15.5. The zero-order valence-electron chi connectivity index (χ0n) is 26.7. The molecule has 1 aliphatic carbocycles. The van der Waals surface area contributed by atoms with Gasteiger partial charge in [0.15, 0.2) is 0 Å². The molecule has 1 fully saturated rings. The van der Waals surface area contributed by atoms with Crippen molar-refractivity contribution in [2.24, 2.45) is 0 Å². The minimum atomic E-state index is -1.22. The molecular formula is C33H40N4O10. The molecule has 0 radical (unpaired) electrons. The van der Waals surface area contributed by atoms with Gasteiger partial charge in [-0.1, -0.05) is 17.2 Å². The lowest BCUT2D eigenvalue weighted by Gasteiger charge is -2.17. The van der Waals surface area contributed by atoms with Crippen LogP contribution in [-0.4, -0.2) is 86.9 Å². The number of ether oxygens (including phenoxy) is 3. The summed E-state index contributed by atoms with van der Waals surface area (Å²) >= 11 is 0. The summed E-state index contributed by atoms with van der Waals surface area (Å²) in [6.07, 6.45) is -0.621. The Morgan fingerprint density at radius 1 is 0.872 bits per heavy atom. The first-order valence-corrected chi connectivity index (χ1v) is 15.5. The fraction of sp³-hybridized carbons (Fsp3) is 0.455. The summed E-state index contributed by atoms with van der Waals surface area (Å²) in [5.74, 6) is -2.58. The SMILES string of the molecule is COCCNC(=O)CCCC(=O)Nc1ccc2c(c1)C(COC(=O)ON1C(=O)CCC1=O)c1cc(C(=O)NCCOC(C)C)ccc1-2. The first kappa shape index (κ1) is 35.0. The van der Waals surface area contributed by atoms with Crippen LogP contribution in [-0.2, 0) is 38.2 Å². The number of rotatable bonds is 16. The van der Waals surface area contributed by atoms with Crippen LogP contribution in [0.25, 0.3) is 11.1 Å². The van der Waals surface area contributed by atoms with Crippen molar-refractivity contribution in [1.29, 1.82) is 0 Å². The molecule has 0 aromatic heterocycles. The predicted octanol–water partition coefficient (Wildman–Crippen LogP) is 3.04. The molecule has 4 rings (SSSR count). The molecule has 1 heterocycles. The van der Waals surface area contributed by atoms with Gasteiger partial charge in [0.25, 0.3) is 17.7 Å². The van der Waals surface area contributed by atoms with Crippen molar-refractivity contribution in [2.75, 3.05) is 45.3 Å². The molecule has 2 aromatic rings. The van der Waals surface area contributed by atoms with E-state index in [-0.39, 0.29) is 56.1 Å². The van der Waals surface area contributed by atoms with Gasteiger partial charge in [0.05, 0.1) is 19.3 Å². The van der Waals surface area contributed by atoms with E-state index in [9.17, 15) is 28.8 Å². The van der Waals surface area contributed by atoms with Crippen LogP contribution in [0.4, 0.5) is 10.5 Å². The van der Waals surface area contributed by atoms with E-state index < -0.39 is 23.9 Å². The Bertz CT molecular complexity index is 1490. The van der Waals surface area contributed by atoms with E-state index >= 15 is 0 Å². The zero-order valence-corrected chi connectivity index (χ0v) is 26.7. The molecule has 1 atom stereocenters. The van der Waals surface area contributed by atoms with E-state index in [4.69, 9.17) is 19.0 Å². The quantitative estimate of drug-likeness (QED) is 0.139. The molecule has 14 heteroatoms. The number of anilines is 1. The topological polar surface area (TPSA) is 179 Å². The summed E-state index contributed by atoms with van der Waals surface area (Å²) in [7, 11) is 1.54. The molecule has 0 saturated carbocycles. The number of fused-ring (bicyclic) bond motifs is 3. The summed E-state index contributed by atoms with van der Waals surface area (Å²) in [5.41, 5.74) is 3.94. The van der Waals surface area contributed by atoms with Crippen LogP contribution in [0.15, 0.2) is 36.4 Å². The van der Waals surface area contributed by atoms with Crippen molar-refractivity contribution in [3.05, 3.63) is 53.1 Å². The average molecular weight is 653 g/mol. The van der Waals surface area contributed by atoms with Crippen molar-refractivity contribution in [2.45, 2.75) is 58.0 Å². The molecule has 1 unspecified atom stereocenters. The Kier molecular flexibility index (Phi) is 12.4. The second kappa shape index (κ2) is 16.7. The number of nitrogens with zero attached hydrogens (tertiary/aromatic N) is 1. The molecule has 5 amide bonds. The van der Waals surface area contributed by atoms with Gasteiger partial charge in [0, 0.05) is 63.1 Å². The normalized spacial score (nSPS) is 14.9. The summed E-state index contributed by atoms with van der Waals surface area (Å²) in [6, 6.07) is 10.6. The first-order chi connectivity index (χ1) is 22.6. The lowest BCUT2D eigenvalue weighted by atomic mass is 9.96. The third-order valence-electron chi connectivity index (χ3n) is 7.50. The summed E-state index contributed by atoms with van der Waals surface area (Å²) in [4.78, 5) is 78.7. The fourth-order valence-electron chi connectivity index (χ4n) is 5.24. The number of nitrogens with one attached hydrogen (secondary N) is 3. The Balaban J connectivity index is 1.47. The molecule has 1 aliphatic heterocycles. The van der Waals surface area contributed by atoms with Crippen molar-refractivity contribution >= 4 is 41.4 Å². The maximum Gasteiger partial charge on any atom is 0.533 e. The average Bonchev–Trinajstić information content (AvgIpc) is 3.52. The van der Waals surface area contributed by atoms with Gasteiger partial charge in [-0.05, 0) is 66.8 Å². The van der Waals surface area contributed by atoms with Crippen LogP contribution in [0.1, 0.15) is 73.4 Å². The lowest BCUT2D eigenvalue weighted by Crippen LogP contribution is -2.32. The maximum absolute atomic E-state index is 12.9. The highest BCUT2D eigenvalue weighted by Crippen LogP contribution is 2.46. The van der Waals surface area contributed by atoms with Crippen LogP contribution >= 0.6 is 0 Å². The number of amides is 5. The molecule has 2 aliphatic rings. The number of hydrogen-bond acceptors (Lipinski definition) is 10. The molecule has 0 spiro atoms. The van der Waals surface area contributed by atoms with E-state index in [1.54, 1.807) is 31.4 Å². The predicted molar refractivity (Wildman–Crippen MR) is 168 cm³/mol. The maximum atomic E-state index is 12.9. The zero-order chi connectivity index (χ0) is 33.9. The van der Waals surface area contributed by atoms with E-state index in [1.807, 2.05) is 26.0 Å². The molecular weight excluding hydrogens is 612 g/mol. The monoisotopic (exact) mass is 652 g/mol. The molecule has 14 nitrogen and oxygen atoms in total. The smallest absolute Gasteiger partial charge is 0.432 e. The summed E-state index contributed by atoms with van der Waals surface area (Å²) < 4.78 is 15.8. The number of carbonyl (C=O) groups excluding carboxylic acids is 6. The number of benzene rings is 2. The van der Waals surface area contributed by atoms with Gasteiger partial charge in [-0.2, -0.15) is 0 Å². The van der Waals surface area contributed by atoms with Crippen LogP contribution < -0.4 is 16.0 Å².